The van der Waals surface area contributed by atoms with Crippen LogP contribution in [0.4, 0.5) is 4.39 Å². The van der Waals surface area contributed by atoms with Crippen molar-refractivity contribution < 1.29 is 13.9 Å². The third-order valence-electron chi connectivity index (χ3n) is 6.22. The first kappa shape index (κ1) is 23.0. The van der Waals surface area contributed by atoms with Crippen LogP contribution in [0.1, 0.15) is 37.8 Å². The van der Waals surface area contributed by atoms with E-state index in [1.165, 1.54) is 13.2 Å². The van der Waals surface area contributed by atoms with E-state index in [4.69, 9.17) is 9.84 Å². The van der Waals surface area contributed by atoms with Gasteiger partial charge >= 0.3 is 0 Å². The van der Waals surface area contributed by atoms with Crippen LogP contribution in [0.3, 0.4) is 0 Å². The molecular weight excluding hydrogens is 419 g/mol. The maximum atomic E-state index is 14.5. The fraction of sp³-hybridized carbons (Fsp3) is 0.385. The number of hydrogen-bond acceptors (Lipinski definition) is 4. The van der Waals surface area contributed by atoms with Crippen LogP contribution < -0.4 is 10.1 Å². The molecule has 1 aromatic heterocycles. The number of aryl methyl sites for hydroxylation is 1. The van der Waals surface area contributed by atoms with E-state index in [9.17, 15) is 9.18 Å². The van der Waals surface area contributed by atoms with Crippen molar-refractivity contribution in [3.8, 4) is 22.7 Å². The summed E-state index contributed by atoms with van der Waals surface area (Å²) in [7, 11) is 1.46. The number of aromatic nitrogens is 2. The lowest BCUT2D eigenvalue weighted by molar-refractivity contribution is -0.119. The van der Waals surface area contributed by atoms with Crippen LogP contribution in [-0.2, 0) is 11.3 Å². The monoisotopic (exact) mass is 450 g/mol. The Morgan fingerprint density at radius 1 is 1.27 bits per heavy atom. The van der Waals surface area contributed by atoms with Gasteiger partial charge in [0.1, 0.15) is 0 Å². The minimum atomic E-state index is -0.416. The highest BCUT2D eigenvalue weighted by Gasteiger charge is 2.26. The zero-order chi connectivity index (χ0) is 23.5. The number of carbonyl (C=O) groups excluding carboxylic acids is 1. The van der Waals surface area contributed by atoms with E-state index in [-0.39, 0.29) is 23.7 Å². The van der Waals surface area contributed by atoms with Gasteiger partial charge in [0.2, 0.25) is 5.91 Å². The summed E-state index contributed by atoms with van der Waals surface area (Å²) in [6.45, 7) is 7.74. The molecule has 1 aliphatic heterocycles. The summed E-state index contributed by atoms with van der Waals surface area (Å²) in [4.78, 5) is 14.0. The number of para-hydroxylation sites is 1. The smallest absolute Gasteiger partial charge is 0.220 e. The van der Waals surface area contributed by atoms with Gasteiger partial charge in [-0.2, -0.15) is 5.10 Å². The highest BCUT2D eigenvalue weighted by atomic mass is 19.1. The van der Waals surface area contributed by atoms with Crippen molar-refractivity contribution >= 4 is 5.91 Å². The number of hydrogen-bond donors (Lipinski definition) is 1. The van der Waals surface area contributed by atoms with E-state index >= 15 is 0 Å². The summed E-state index contributed by atoms with van der Waals surface area (Å²) in [5.74, 6) is -0.0920. The van der Waals surface area contributed by atoms with Gasteiger partial charge in [-0.15, -0.1) is 0 Å². The lowest BCUT2D eigenvalue weighted by Crippen LogP contribution is -2.41. The third kappa shape index (κ3) is 5.09. The van der Waals surface area contributed by atoms with Crippen LogP contribution in [0.15, 0.2) is 48.7 Å². The van der Waals surface area contributed by atoms with Crippen molar-refractivity contribution in [3.63, 3.8) is 0 Å². The van der Waals surface area contributed by atoms with Crippen LogP contribution in [0.5, 0.6) is 5.75 Å². The Labute approximate surface area is 194 Å². The van der Waals surface area contributed by atoms with Crippen LogP contribution >= 0.6 is 0 Å². The topological polar surface area (TPSA) is 59.4 Å². The first-order valence-electron chi connectivity index (χ1n) is 11.4. The van der Waals surface area contributed by atoms with E-state index in [0.717, 1.165) is 35.5 Å². The number of nitrogens with one attached hydrogen (secondary N) is 1. The molecule has 2 aromatic carbocycles. The minimum Gasteiger partial charge on any atom is -0.494 e. The van der Waals surface area contributed by atoms with E-state index in [1.54, 1.807) is 6.07 Å². The largest absolute Gasteiger partial charge is 0.494 e. The van der Waals surface area contributed by atoms with Gasteiger partial charge < -0.3 is 10.1 Å². The van der Waals surface area contributed by atoms with Gasteiger partial charge in [0.25, 0.3) is 0 Å². The van der Waals surface area contributed by atoms with E-state index in [1.807, 2.05) is 48.1 Å². The van der Waals surface area contributed by atoms with E-state index in [2.05, 4.69) is 24.1 Å². The Bertz CT molecular complexity index is 1140. The molecule has 1 amide bonds. The van der Waals surface area contributed by atoms with Gasteiger partial charge in [0.05, 0.1) is 18.5 Å². The molecule has 6 nitrogen and oxygen atoms in total. The number of benzene rings is 2. The normalized spacial score (nSPS) is 16.0. The third-order valence-corrected chi connectivity index (χ3v) is 6.22. The molecule has 174 valence electrons. The van der Waals surface area contributed by atoms with Crippen molar-refractivity contribution in [1.82, 2.24) is 20.0 Å². The molecule has 0 spiro atoms. The maximum absolute atomic E-state index is 14.5. The van der Waals surface area contributed by atoms with Gasteiger partial charge in [-0.25, -0.2) is 9.07 Å². The van der Waals surface area contributed by atoms with E-state index < -0.39 is 5.82 Å². The van der Waals surface area contributed by atoms with Crippen molar-refractivity contribution in [1.29, 1.82) is 0 Å². The summed E-state index contributed by atoms with van der Waals surface area (Å²) in [5.41, 5.74) is 4.53. The lowest BCUT2D eigenvalue weighted by atomic mass is 10.1. The Balaban J connectivity index is 1.72. The van der Waals surface area contributed by atoms with Gasteiger partial charge in [-0.1, -0.05) is 18.2 Å². The minimum absolute atomic E-state index is 0.116. The number of ether oxygens (including phenoxy) is 1. The van der Waals surface area contributed by atoms with Gasteiger partial charge in [0, 0.05) is 48.9 Å². The number of carbonyl (C=O) groups is 1. The molecule has 2 heterocycles. The summed E-state index contributed by atoms with van der Waals surface area (Å²) in [6.07, 6.45) is 3.46. The SMILES string of the molecule is COc1ccc(-c2nn(-c3ccccc3C)cc2CN(C[C@H]2CCC(=O)N2)C(C)C)cc1F. The van der Waals surface area contributed by atoms with Gasteiger partial charge in [-0.05, 0) is 57.0 Å². The fourth-order valence-electron chi connectivity index (χ4n) is 4.30. The predicted molar refractivity (Wildman–Crippen MR) is 127 cm³/mol. The highest BCUT2D eigenvalue weighted by molar-refractivity contribution is 5.78. The van der Waals surface area contributed by atoms with Crippen molar-refractivity contribution in [2.24, 2.45) is 0 Å². The number of halogens is 1. The highest BCUT2D eigenvalue weighted by Crippen LogP contribution is 2.30. The molecule has 0 unspecified atom stereocenters. The molecule has 33 heavy (non-hydrogen) atoms. The van der Waals surface area contributed by atoms with E-state index in [0.29, 0.717) is 18.5 Å². The molecule has 0 aliphatic carbocycles. The van der Waals surface area contributed by atoms with Crippen LogP contribution in [0.25, 0.3) is 16.9 Å². The Kier molecular flexibility index (Phi) is 6.79. The molecule has 0 saturated carbocycles. The second-order valence-corrected chi connectivity index (χ2v) is 8.91. The summed E-state index contributed by atoms with van der Waals surface area (Å²) in [6, 6.07) is 13.4. The second-order valence-electron chi connectivity index (χ2n) is 8.91. The molecule has 1 fully saturated rings. The molecule has 3 aromatic rings. The Morgan fingerprint density at radius 2 is 2.06 bits per heavy atom. The summed E-state index contributed by atoms with van der Waals surface area (Å²) < 4.78 is 21.5. The number of rotatable bonds is 8. The molecule has 1 N–H and O–H groups in total. The Morgan fingerprint density at radius 3 is 2.70 bits per heavy atom. The Hall–Kier alpha value is -3.19. The van der Waals surface area contributed by atoms with Crippen LogP contribution in [0, 0.1) is 12.7 Å². The van der Waals surface area contributed by atoms with Gasteiger partial charge in [-0.3, -0.25) is 9.69 Å². The molecule has 4 rings (SSSR count). The van der Waals surface area contributed by atoms with Gasteiger partial charge in [0.15, 0.2) is 11.6 Å². The van der Waals surface area contributed by atoms with Crippen LogP contribution in [0.2, 0.25) is 0 Å². The average molecular weight is 451 g/mol. The average Bonchev–Trinajstić information content (AvgIpc) is 3.39. The maximum Gasteiger partial charge on any atom is 0.220 e. The molecule has 1 atom stereocenters. The number of amides is 1. The van der Waals surface area contributed by atoms with Crippen molar-refractivity contribution in [3.05, 3.63) is 65.6 Å². The molecule has 1 saturated heterocycles. The van der Waals surface area contributed by atoms with Crippen LogP contribution in [-0.4, -0.2) is 46.3 Å². The lowest BCUT2D eigenvalue weighted by Gasteiger charge is -2.29. The molecule has 7 heteroatoms. The summed E-state index contributed by atoms with van der Waals surface area (Å²) >= 11 is 0. The molecule has 1 aliphatic rings. The summed E-state index contributed by atoms with van der Waals surface area (Å²) in [5, 5.41) is 7.94. The molecule has 0 radical (unpaired) electrons. The molecule has 0 bridgehead atoms. The zero-order valence-corrected chi connectivity index (χ0v) is 19.6. The van der Waals surface area contributed by atoms with Crippen molar-refractivity contribution in [2.45, 2.75) is 52.2 Å². The first-order chi connectivity index (χ1) is 15.9. The zero-order valence-electron chi connectivity index (χ0n) is 19.6. The standard InChI is InChI=1S/C26H31FN4O2/c1-17(2)30(16-21-10-12-25(32)28-21)14-20-15-31(23-8-6-5-7-18(23)3)29-26(20)19-9-11-24(33-4)22(27)13-19/h5-9,11,13,15,17,21H,10,12,14,16H2,1-4H3,(H,28,32)/t21-/m1/s1. The van der Waals surface area contributed by atoms with Crippen molar-refractivity contribution in [2.75, 3.05) is 13.7 Å². The molecular formula is C26H31FN4O2. The fourth-order valence-corrected chi connectivity index (χ4v) is 4.30. The quantitative estimate of drug-likeness (QED) is 0.550. The number of methoxy groups -OCH3 is 1. The second kappa shape index (κ2) is 9.75. The predicted octanol–water partition coefficient (Wildman–Crippen LogP) is 4.48. The first-order valence-corrected chi connectivity index (χ1v) is 11.4. The number of nitrogens with zero attached hydrogens (tertiary/aromatic N) is 3.